The third kappa shape index (κ3) is 4.53. The quantitative estimate of drug-likeness (QED) is 0.277. The van der Waals surface area contributed by atoms with Gasteiger partial charge in [-0.15, -0.1) is 0 Å². The number of ether oxygens (including phenoxy) is 1. The Morgan fingerprint density at radius 2 is 1.82 bits per heavy atom. The summed E-state index contributed by atoms with van der Waals surface area (Å²) in [4.78, 5) is 60.3. The molecule has 0 aliphatic carbocycles. The maximum atomic E-state index is 13.0. The van der Waals surface area contributed by atoms with Gasteiger partial charge in [-0.2, -0.15) is 0 Å². The average molecular weight is 464 g/mol. The molecule has 3 amide bonds. The van der Waals surface area contributed by atoms with Crippen LogP contribution in [-0.2, 0) is 25.7 Å². The molecular formula is C23H20N4O7. The normalized spacial score (nSPS) is 11.9. The molecule has 11 nitrogen and oxygen atoms in total. The Morgan fingerprint density at radius 3 is 2.44 bits per heavy atom. The zero-order valence-electron chi connectivity index (χ0n) is 18.3. The standard InChI is InChI=1S/C23H20N4O7/c1-12(23(31)34-4)24-21(29)13(2)26-11-18-16(6-5-7-17(18)22(26)30)15-8-9-19(25-14(3)28)20(10-15)27(32)33/h5-10H,1-2,11H2,3-4H3,(H,24,29)(H,25,28). The minimum absolute atomic E-state index is 0.0253. The maximum absolute atomic E-state index is 13.0. The molecule has 0 bridgehead atoms. The van der Waals surface area contributed by atoms with E-state index in [1.807, 2.05) is 0 Å². The molecule has 0 atom stereocenters. The van der Waals surface area contributed by atoms with Gasteiger partial charge in [-0.05, 0) is 28.8 Å². The van der Waals surface area contributed by atoms with Crippen LogP contribution < -0.4 is 10.6 Å². The molecule has 0 radical (unpaired) electrons. The van der Waals surface area contributed by atoms with Crippen molar-refractivity contribution in [1.82, 2.24) is 10.2 Å². The fourth-order valence-electron chi connectivity index (χ4n) is 3.47. The van der Waals surface area contributed by atoms with Crippen LogP contribution in [0.25, 0.3) is 11.1 Å². The summed E-state index contributed by atoms with van der Waals surface area (Å²) in [5, 5.41) is 16.2. The van der Waals surface area contributed by atoms with E-state index < -0.39 is 28.6 Å². The van der Waals surface area contributed by atoms with E-state index >= 15 is 0 Å². The second-order valence-corrected chi connectivity index (χ2v) is 7.26. The Morgan fingerprint density at radius 1 is 1.15 bits per heavy atom. The Hall–Kier alpha value is -4.80. The van der Waals surface area contributed by atoms with E-state index in [9.17, 15) is 29.3 Å². The molecule has 0 saturated heterocycles. The number of amides is 3. The van der Waals surface area contributed by atoms with Crippen molar-refractivity contribution in [2.24, 2.45) is 0 Å². The van der Waals surface area contributed by atoms with E-state index in [-0.39, 0.29) is 29.3 Å². The highest BCUT2D eigenvalue weighted by atomic mass is 16.6. The lowest BCUT2D eigenvalue weighted by Crippen LogP contribution is -2.36. The van der Waals surface area contributed by atoms with Crippen molar-refractivity contribution < 1.29 is 28.8 Å². The van der Waals surface area contributed by atoms with Crippen molar-refractivity contribution in [3.63, 3.8) is 0 Å². The molecule has 1 aliphatic heterocycles. The van der Waals surface area contributed by atoms with Crippen LogP contribution in [0.5, 0.6) is 0 Å². The first kappa shape index (κ1) is 23.9. The molecule has 2 aromatic carbocycles. The van der Waals surface area contributed by atoms with E-state index in [0.717, 1.165) is 12.0 Å². The summed E-state index contributed by atoms with van der Waals surface area (Å²) >= 11 is 0. The lowest BCUT2D eigenvalue weighted by Gasteiger charge is -2.18. The number of hydrogen-bond acceptors (Lipinski definition) is 7. The van der Waals surface area contributed by atoms with Crippen molar-refractivity contribution in [2.45, 2.75) is 13.5 Å². The van der Waals surface area contributed by atoms with Gasteiger partial charge in [0, 0.05) is 18.6 Å². The predicted octanol–water partition coefficient (Wildman–Crippen LogP) is 2.49. The van der Waals surface area contributed by atoms with Gasteiger partial charge in [0.1, 0.15) is 17.1 Å². The molecule has 0 fully saturated rings. The van der Waals surface area contributed by atoms with E-state index in [2.05, 4.69) is 28.5 Å². The molecule has 0 spiro atoms. The molecule has 2 N–H and O–H groups in total. The fraction of sp³-hybridized carbons (Fsp3) is 0.130. The summed E-state index contributed by atoms with van der Waals surface area (Å²) in [6, 6.07) is 9.17. The van der Waals surface area contributed by atoms with Crippen molar-refractivity contribution >= 4 is 35.1 Å². The highest BCUT2D eigenvalue weighted by Gasteiger charge is 2.34. The minimum Gasteiger partial charge on any atom is -0.464 e. The minimum atomic E-state index is -0.844. The number of esters is 1. The molecule has 174 valence electrons. The first-order valence-electron chi connectivity index (χ1n) is 9.82. The van der Waals surface area contributed by atoms with Gasteiger partial charge in [-0.1, -0.05) is 31.4 Å². The number of hydrogen-bond donors (Lipinski definition) is 2. The molecule has 11 heteroatoms. The molecule has 2 aromatic rings. The van der Waals surface area contributed by atoms with Gasteiger partial charge < -0.3 is 15.4 Å². The van der Waals surface area contributed by atoms with Crippen molar-refractivity contribution in [3.8, 4) is 11.1 Å². The van der Waals surface area contributed by atoms with Crippen LogP contribution in [-0.4, -0.2) is 40.6 Å². The number of anilines is 1. The van der Waals surface area contributed by atoms with E-state index in [4.69, 9.17) is 0 Å². The lowest BCUT2D eigenvalue weighted by molar-refractivity contribution is -0.383. The topological polar surface area (TPSA) is 148 Å². The van der Waals surface area contributed by atoms with Gasteiger partial charge in [0.15, 0.2) is 0 Å². The Bertz CT molecular complexity index is 1280. The number of carbonyl (C=O) groups is 4. The molecule has 1 heterocycles. The number of rotatable bonds is 7. The third-order valence-corrected chi connectivity index (χ3v) is 5.07. The van der Waals surface area contributed by atoms with Gasteiger partial charge in [-0.25, -0.2) is 4.79 Å². The molecule has 3 rings (SSSR count). The zero-order chi connectivity index (χ0) is 25.2. The van der Waals surface area contributed by atoms with Crippen LogP contribution in [0.2, 0.25) is 0 Å². The monoisotopic (exact) mass is 464 g/mol. The van der Waals surface area contributed by atoms with Crippen LogP contribution in [0.1, 0.15) is 22.8 Å². The van der Waals surface area contributed by atoms with E-state index in [1.165, 1.54) is 19.1 Å². The summed E-state index contributed by atoms with van der Waals surface area (Å²) in [6.45, 7) is 8.28. The molecule has 0 aromatic heterocycles. The number of nitrogens with one attached hydrogen (secondary N) is 2. The van der Waals surface area contributed by atoms with Crippen LogP contribution in [0.15, 0.2) is 61.0 Å². The average Bonchev–Trinajstić information content (AvgIpc) is 3.14. The largest absolute Gasteiger partial charge is 0.464 e. The Labute approximate surface area is 193 Å². The van der Waals surface area contributed by atoms with Crippen LogP contribution in [0.4, 0.5) is 11.4 Å². The third-order valence-electron chi connectivity index (χ3n) is 5.07. The fourth-order valence-corrected chi connectivity index (χ4v) is 3.47. The summed E-state index contributed by atoms with van der Waals surface area (Å²) in [5.41, 5.74) is 1.02. The molecule has 1 aliphatic rings. The molecule has 0 saturated carbocycles. The number of benzene rings is 2. The number of fused-ring (bicyclic) bond motifs is 1. The lowest BCUT2D eigenvalue weighted by atomic mass is 9.96. The summed E-state index contributed by atoms with van der Waals surface area (Å²) in [6.07, 6.45) is 0. The molecule has 34 heavy (non-hydrogen) atoms. The molecular weight excluding hydrogens is 444 g/mol. The van der Waals surface area contributed by atoms with E-state index in [1.54, 1.807) is 24.3 Å². The SMILES string of the molecule is C=C(NC(=O)C(=C)N1Cc2c(cccc2-c2ccc(NC(C)=O)c([N+](=O)[O-])c2)C1=O)C(=O)OC. The highest BCUT2D eigenvalue weighted by molar-refractivity contribution is 6.08. The predicted molar refractivity (Wildman–Crippen MR) is 121 cm³/mol. The van der Waals surface area contributed by atoms with Crippen LogP contribution in [0, 0.1) is 10.1 Å². The number of nitro groups is 1. The summed E-state index contributed by atoms with van der Waals surface area (Å²) < 4.78 is 4.48. The Kier molecular flexibility index (Phi) is 6.57. The summed E-state index contributed by atoms with van der Waals surface area (Å²) in [7, 11) is 1.13. The number of carbonyl (C=O) groups excluding carboxylic acids is 4. The second-order valence-electron chi connectivity index (χ2n) is 7.26. The van der Waals surface area contributed by atoms with E-state index in [0.29, 0.717) is 22.3 Å². The maximum Gasteiger partial charge on any atom is 0.353 e. The summed E-state index contributed by atoms with van der Waals surface area (Å²) in [5.74, 6) is -2.61. The van der Waals surface area contributed by atoms with Crippen LogP contribution >= 0.6 is 0 Å². The first-order valence-corrected chi connectivity index (χ1v) is 9.82. The zero-order valence-corrected chi connectivity index (χ0v) is 18.3. The smallest absolute Gasteiger partial charge is 0.353 e. The van der Waals surface area contributed by atoms with Gasteiger partial charge in [-0.3, -0.25) is 29.4 Å². The van der Waals surface area contributed by atoms with Gasteiger partial charge in [0.25, 0.3) is 17.5 Å². The number of nitro benzene ring substituents is 1. The number of nitrogens with zero attached hydrogens (tertiary/aromatic N) is 2. The molecule has 0 unspecified atom stereocenters. The van der Waals surface area contributed by atoms with Gasteiger partial charge in [0.05, 0.1) is 18.6 Å². The van der Waals surface area contributed by atoms with Crippen LogP contribution in [0.3, 0.4) is 0 Å². The van der Waals surface area contributed by atoms with Crippen molar-refractivity contribution in [2.75, 3.05) is 12.4 Å². The first-order chi connectivity index (χ1) is 16.0. The van der Waals surface area contributed by atoms with Gasteiger partial charge in [0.2, 0.25) is 5.91 Å². The second kappa shape index (κ2) is 9.36. The number of methoxy groups -OCH3 is 1. The Balaban J connectivity index is 1.94. The highest BCUT2D eigenvalue weighted by Crippen LogP contribution is 2.37. The van der Waals surface area contributed by atoms with Crippen molar-refractivity contribution in [1.29, 1.82) is 0 Å². The van der Waals surface area contributed by atoms with Crippen molar-refractivity contribution in [3.05, 3.63) is 82.2 Å². The van der Waals surface area contributed by atoms with Gasteiger partial charge >= 0.3 is 5.97 Å².